The maximum absolute atomic E-state index is 12.5. The Morgan fingerprint density at radius 1 is 1.17 bits per heavy atom. The minimum atomic E-state index is -4.47. The molecule has 1 aliphatic rings. The number of hydrogen-bond acceptors (Lipinski definition) is 0. The summed E-state index contributed by atoms with van der Waals surface area (Å²) in [6, 6.07) is 0. The van der Waals surface area contributed by atoms with Gasteiger partial charge >= 0.3 is 5.92 Å². The summed E-state index contributed by atoms with van der Waals surface area (Å²) >= 11 is 9.40. The first kappa shape index (κ1) is 10.1. The maximum atomic E-state index is 12.5. The number of halogens is 7. The van der Waals surface area contributed by atoms with Gasteiger partial charge in [-0.2, -0.15) is 8.78 Å². The Morgan fingerprint density at radius 2 is 1.58 bits per heavy atom. The zero-order valence-electron chi connectivity index (χ0n) is 5.22. The van der Waals surface area contributed by atoms with E-state index in [1.807, 2.05) is 0 Å². The number of alkyl halides is 5. The summed E-state index contributed by atoms with van der Waals surface area (Å²) in [5.41, 5.74) is 0. The van der Waals surface area contributed by atoms with Crippen LogP contribution in [0.15, 0.2) is 11.7 Å². The zero-order valence-corrected chi connectivity index (χ0v) is 6.73. The van der Waals surface area contributed by atoms with Crippen molar-refractivity contribution < 1.29 is 22.0 Å². The standard InChI is InChI=1S/C5HCl2F5/c6-4(7)2(9)1(8)3(10)5(4,11)12/h3H. The summed E-state index contributed by atoms with van der Waals surface area (Å²) in [7, 11) is 0. The van der Waals surface area contributed by atoms with E-state index in [1.54, 1.807) is 0 Å². The van der Waals surface area contributed by atoms with E-state index < -0.39 is 28.1 Å². The molecule has 1 unspecified atom stereocenters. The van der Waals surface area contributed by atoms with Crippen LogP contribution in [0.1, 0.15) is 0 Å². The Labute approximate surface area is 73.9 Å². The molecule has 1 atom stereocenters. The van der Waals surface area contributed by atoms with E-state index in [-0.39, 0.29) is 0 Å². The van der Waals surface area contributed by atoms with E-state index in [0.717, 1.165) is 0 Å². The van der Waals surface area contributed by atoms with Gasteiger partial charge in [-0.15, -0.1) is 0 Å². The molecule has 0 bridgehead atoms. The Balaban J connectivity index is 3.22. The van der Waals surface area contributed by atoms with Gasteiger partial charge in [-0.25, -0.2) is 13.2 Å². The van der Waals surface area contributed by atoms with Crippen molar-refractivity contribution in [1.82, 2.24) is 0 Å². The van der Waals surface area contributed by atoms with Crippen molar-refractivity contribution in [3.8, 4) is 0 Å². The second-order valence-electron chi connectivity index (χ2n) is 2.22. The van der Waals surface area contributed by atoms with E-state index in [0.29, 0.717) is 0 Å². The van der Waals surface area contributed by atoms with Gasteiger partial charge in [-0.05, 0) is 0 Å². The predicted molar refractivity (Wildman–Crippen MR) is 33.5 cm³/mol. The van der Waals surface area contributed by atoms with E-state index >= 15 is 0 Å². The molecule has 0 N–H and O–H groups in total. The Hall–Kier alpha value is -0.0300. The highest BCUT2D eigenvalue weighted by molar-refractivity contribution is 6.51. The Bertz CT molecular complexity index is 246. The van der Waals surface area contributed by atoms with Crippen LogP contribution in [0, 0.1) is 0 Å². The molecule has 0 fully saturated rings. The highest BCUT2D eigenvalue weighted by Gasteiger charge is 2.69. The van der Waals surface area contributed by atoms with Crippen LogP contribution in [-0.2, 0) is 0 Å². The third-order valence-electron chi connectivity index (χ3n) is 1.44. The fourth-order valence-electron chi connectivity index (χ4n) is 0.726. The van der Waals surface area contributed by atoms with Gasteiger partial charge in [-0.3, -0.25) is 0 Å². The highest BCUT2D eigenvalue weighted by Crippen LogP contribution is 2.56. The van der Waals surface area contributed by atoms with Gasteiger partial charge in [0.05, 0.1) is 0 Å². The van der Waals surface area contributed by atoms with Gasteiger partial charge in [0.15, 0.2) is 11.7 Å². The van der Waals surface area contributed by atoms with Crippen LogP contribution in [0.4, 0.5) is 22.0 Å². The largest absolute Gasteiger partial charge is 0.324 e. The number of allylic oxidation sites excluding steroid dienone is 2. The van der Waals surface area contributed by atoms with E-state index in [4.69, 9.17) is 23.2 Å². The van der Waals surface area contributed by atoms with Gasteiger partial charge in [-0.1, -0.05) is 23.2 Å². The first-order valence-corrected chi connectivity index (χ1v) is 3.44. The number of rotatable bonds is 0. The zero-order chi connectivity index (χ0) is 9.73. The third kappa shape index (κ3) is 0.956. The monoisotopic (exact) mass is 226 g/mol. The summed E-state index contributed by atoms with van der Waals surface area (Å²) in [4.78, 5) is 0. The topological polar surface area (TPSA) is 0 Å². The molecule has 12 heavy (non-hydrogen) atoms. The summed E-state index contributed by atoms with van der Waals surface area (Å²) in [5, 5.41) is 0. The molecule has 0 aromatic heterocycles. The lowest BCUT2D eigenvalue weighted by molar-refractivity contribution is -0.0574. The van der Waals surface area contributed by atoms with Crippen molar-refractivity contribution in [1.29, 1.82) is 0 Å². The molecule has 0 aromatic rings. The third-order valence-corrected chi connectivity index (χ3v) is 2.28. The molecule has 0 radical (unpaired) electrons. The van der Waals surface area contributed by atoms with Crippen molar-refractivity contribution in [2.24, 2.45) is 0 Å². The molecule has 1 rings (SSSR count). The number of hydrogen-bond donors (Lipinski definition) is 0. The summed E-state index contributed by atoms with van der Waals surface area (Å²) in [5.74, 6) is -8.88. The second kappa shape index (κ2) is 2.48. The molecule has 0 spiro atoms. The van der Waals surface area contributed by atoms with Gasteiger partial charge in [0.25, 0.3) is 0 Å². The summed E-state index contributed by atoms with van der Waals surface area (Å²) in [6.07, 6.45) is -3.41. The van der Waals surface area contributed by atoms with E-state index in [2.05, 4.69) is 0 Å². The second-order valence-corrected chi connectivity index (χ2v) is 3.55. The van der Waals surface area contributed by atoms with Crippen molar-refractivity contribution in [2.75, 3.05) is 0 Å². The van der Waals surface area contributed by atoms with E-state index in [9.17, 15) is 22.0 Å². The molecule has 0 saturated heterocycles. The normalized spacial score (nSPS) is 32.8. The lowest BCUT2D eigenvalue weighted by Crippen LogP contribution is -2.41. The molecule has 0 aromatic carbocycles. The summed E-state index contributed by atoms with van der Waals surface area (Å²) in [6.45, 7) is 0. The van der Waals surface area contributed by atoms with Crippen molar-refractivity contribution in [2.45, 2.75) is 16.4 Å². The quantitative estimate of drug-likeness (QED) is 0.440. The molecule has 7 heteroatoms. The molecule has 0 nitrogen and oxygen atoms in total. The molecule has 0 aliphatic heterocycles. The minimum Gasteiger partial charge on any atom is -0.233 e. The van der Waals surface area contributed by atoms with Crippen LogP contribution in [0.25, 0.3) is 0 Å². The molecule has 0 heterocycles. The van der Waals surface area contributed by atoms with Gasteiger partial charge in [0, 0.05) is 0 Å². The first-order chi connectivity index (χ1) is 5.23. The van der Waals surface area contributed by atoms with Gasteiger partial charge < -0.3 is 0 Å². The molecule has 70 valence electrons. The molecular weight excluding hydrogens is 226 g/mol. The fraction of sp³-hybridized carbons (Fsp3) is 0.600. The van der Waals surface area contributed by atoms with Crippen LogP contribution in [0.2, 0.25) is 0 Å². The van der Waals surface area contributed by atoms with Gasteiger partial charge in [0.2, 0.25) is 10.5 Å². The van der Waals surface area contributed by atoms with Crippen LogP contribution >= 0.6 is 23.2 Å². The van der Waals surface area contributed by atoms with Crippen LogP contribution < -0.4 is 0 Å². The van der Waals surface area contributed by atoms with Crippen LogP contribution in [-0.4, -0.2) is 16.4 Å². The first-order valence-electron chi connectivity index (χ1n) is 2.68. The SMILES string of the molecule is FC1=C(F)C(Cl)(Cl)C(F)(F)C1F. The molecule has 0 saturated carbocycles. The minimum absolute atomic E-state index is 2.16. The van der Waals surface area contributed by atoms with Crippen molar-refractivity contribution >= 4 is 23.2 Å². The molecule has 0 amide bonds. The fourth-order valence-corrected chi connectivity index (χ4v) is 1.10. The average molecular weight is 227 g/mol. The van der Waals surface area contributed by atoms with Crippen molar-refractivity contribution in [3.05, 3.63) is 11.7 Å². The van der Waals surface area contributed by atoms with Gasteiger partial charge in [0.1, 0.15) is 0 Å². The average Bonchev–Trinajstić information content (AvgIpc) is 2.05. The summed E-state index contributed by atoms with van der Waals surface area (Å²) < 4.78 is 58.3. The lowest BCUT2D eigenvalue weighted by atomic mass is 10.2. The van der Waals surface area contributed by atoms with Crippen LogP contribution in [0.5, 0.6) is 0 Å². The van der Waals surface area contributed by atoms with Crippen LogP contribution in [0.3, 0.4) is 0 Å². The molecular formula is C5HCl2F5. The highest BCUT2D eigenvalue weighted by atomic mass is 35.5. The van der Waals surface area contributed by atoms with E-state index in [1.165, 1.54) is 0 Å². The van der Waals surface area contributed by atoms with Crippen molar-refractivity contribution in [3.63, 3.8) is 0 Å². The lowest BCUT2D eigenvalue weighted by Gasteiger charge is -2.22. The predicted octanol–water partition coefficient (Wildman–Crippen LogP) is 3.30. The Kier molecular flexibility index (Phi) is 2.08. The molecule has 1 aliphatic carbocycles. The smallest absolute Gasteiger partial charge is 0.233 e. The maximum Gasteiger partial charge on any atom is 0.324 e. The Morgan fingerprint density at radius 3 is 1.67 bits per heavy atom.